The highest BCUT2D eigenvalue weighted by atomic mass is 16.4. The Labute approximate surface area is 145 Å². The van der Waals surface area contributed by atoms with Crippen molar-refractivity contribution in [2.24, 2.45) is 0 Å². The molecule has 1 aromatic carbocycles. The zero-order chi connectivity index (χ0) is 18.4. The van der Waals surface area contributed by atoms with Crippen molar-refractivity contribution in [1.29, 1.82) is 0 Å². The van der Waals surface area contributed by atoms with Crippen LogP contribution in [0.1, 0.15) is 30.9 Å². The number of nitrogens with one attached hydrogen (secondary N) is 1. The summed E-state index contributed by atoms with van der Waals surface area (Å²) in [5.74, 6) is -0.600. The summed E-state index contributed by atoms with van der Waals surface area (Å²) in [6, 6.07) is 8.40. The Morgan fingerprint density at radius 1 is 1.20 bits per heavy atom. The van der Waals surface area contributed by atoms with Gasteiger partial charge in [-0.1, -0.05) is 30.3 Å². The molecule has 1 aliphatic rings. The quantitative estimate of drug-likeness (QED) is 0.493. The summed E-state index contributed by atoms with van der Waals surface area (Å²) in [6.07, 6.45) is -1.96. The first-order valence-electron chi connectivity index (χ1n) is 8.21. The van der Waals surface area contributed by atoms with Crippen LogP contribution < -0.4 is 5.32 Å². The van der Waals surface area contributed by atoms with Gasteiger partial charge in [-0.25, -0.2) is 4.79 Å². The van der Waals surface area contributed by atoms with E-state index < -0.39 is 36.4 Å². The van der Waals surface area contributed by atoms with E-state index in [0.717, 1.165) is 10.5 Å². The molecule has 1 aliphatic heterocycles. The van der Waals surface area contributed by atoms with Gasteiger partial charge in [-0.2, -0.15) is 0 Å². The fraction of sp³-hybridized carbons (Fsp3) is 0.529. The molecule has 1 heterocycles. The summed E-state index contributed by atoms with van der Waals surface area (Å²) in [4.78, 5) is 24.7. The van der Waals surface area contributed by atoms with Gasteiger partial charge in [0.15, 0.2) is 0 Å². The first-order valence-corrected chi connectivity index (χ1v) is 8.21. The summed E-state index contributed by atoms with van der Waals surface area (Å²) in [6.45, 7) is -0.278. The molecule has 8 heteroatoms. The van der Waals surface area contributed by atoms with Crippen molar-refractivity contribution < 1.29 is 30.0 Å². The van der Waals surface area contributed by atoms with Crippen LogP contribution >= 0.6 is 0 Å². The number of amides is 2. The maximum Gasteiger partial charge on any atom is 0.407 e. The third kappa shape index (κ3) is 4.91. The van der Waals surface area contributed by atoms with E-state index in [-0.39, 0.29) is 32.4 Å². The molecule has 1 fully saturated rings. The van der Waals surface area contributed by atoms with Crippen molar-refractivity contribution >= 4 is 12.0 Å². The van der Waals surface area contributed by atoms with Crippen LogP contribution in [0.5, 0.6) is 0 Å². The zero-order valence-electron chi connectivity index (χ0n) is 13.8. The highest BCUT2D eigenvalue weighted by Crippen LogP contribution is 2.25. The predicted molar refractivity (Wildman–Crippen MR) is 88.8 cm³/mol. The smallest absolute Gasteiger partial charge is 0.407 e. The number of rotatable bonds is 6. The summed E-state index contributed by atoms with van der Waals surface area (Å²) in [5.41, 5.74) is -0.904. The number of hydrogen-bond donors (Lipinski definition) is 5. The van der Waals surface area contributed by atoms with Gasteiger partial charge >= 0.3 is 6.09 Å². The molecule has 5 N–H and O–H groups in total. The van der Waals surface area contributed by atoms with Crippen LogP contribution in [0.25, 0.3) is 0 Å². The van der Waals surface area contributed by atoms with Crippen LogP contribution in [0.15, 0.2) is 30.3 Å². The third-order valence-electron chi connectivity index (χ3n) is 4.51. The molecule has 2 unspecified atom stereocenters. The van der Waals surface area contributed by atoms with Gasteiger partial charge in [-0.15, -0.1) is 0 Å². The molecule has 8 nitrogen and oxygen atoms in total. The number of nitrogens with zero attached hydrogens (tertiary/aromatic N) is 1. The second-order valence-corrected chi connectivity index (χ2v) is 6.31. The Morgan fingerprint density at radius 3 is 2.32 bits per heavy atom. The molecule has 1 aromatic rings. The normalized spacial score (nSPS) is 19.1. The zero-order valence-corrected chi connectivity index (χ0v) is 13.8. The van der Waals surface area contributed by atoms with Gasteiger partial charge in [-0.3, -0.25) is 4.79 Å². The predicted octanol–water partition coefficient (Wildman–Crippen LogP) is 0.0921. The summed E-state index contributed by atoms with van der Waals surface area (Å²) >= 11 is 0. The first-order chi connectivity index (χ1) is 11.9. The van der Waals surface area contributed by atoms with Gasteiger partial charge in [0.2, 0.25) is 0 Å². The molecule has 0 aromatic heterocycles. The number of benzene rings is 1. The van der Waals surface area contributed by atoms with E-state index in [1.807, 2.05) is 6.07 Å². The lowest BCUT2D eigenvalue weighted by Crippen LogP contribution is -2.55. The molecular weight excluding hydrogens is 328 g/mol. The monoisotopic (exact) mass is 352 g/mol. The fourth-order valence-corrected chi connectivity index (χ4v) is 2.90. The molecule has 138 valence electrons. The summed E-state index contributed by atoms with van der Waals surface area (Å²) in [7, 11) is 0. The lowest BCUT2D eigenvalue weighted by Gasteiger charge is -2.36. The van der Waals surface area contributed by atoms with Gasteiger partial charge in [0.25, 0.3) is 5.91 Å². The molecule has 0 spiro atoms. The van der Waals surface area contributed by atoms with Crippen LogP contribution in [-0.4, -0.2) is 68.7 Å². The highest BCUT2D eigenvalue weighted by Gasteiger charge is 2.41. The standard InChI is InChI=1S/C17H24N2O6/c20-11-13(21)10-14(12-4-2-1-3-5-12)18-15(22)17(25)6-8-19(9-7-17)16(23)24/h1-5,13-14,20-21,25H,6-11H2,(H,18,22)(H,23,24). The van der Waals surface area contributed by atoms with Crippen LogP contribution in [0.3, 0.4) is 0 Å². The summed E-state index contributed by atoms with van der Waals surface area (Å²) < 4.78 is 0. The van der Waals surface area contributed by atoms with E-state index in [0.29, 0.717) is 0 Å². The molecule has 0 radical (unpaired) electrons. The summed E-state index contributed by atoms with van der Waals surface area (Å²) in [5, 5.41) is 41.1. The number of carboxylic acid groups (broad SMARTS) is 1. The molecule has 0 aliphatic carbocycles. The minimum Gasteiger partial charge on any atom is -0.465 e. The van der Waals surface area contributed by atoms with Crippen molar-refractivity contribution in [3.8, 4) is 0 Å². The minimum atomic E-state index is -1.65. The Kier molecular flexibility index (Phi) is 6.35. The van der Waals surface area contributed by atoms with Gasteiger partial charge in [0.05, 0.1) is 18.8 Å². The van der Waals surface area contributed by atoms with Crippen molar-refractivity contribution in [3.63, 3.8) is 0 Å². The Morgan fingerprint density at radius 2 is 1.80 bits per heavy atom. The largest absolute Gasteiger partial charge is 0.465 e. The Bertz CT molecular complexity index is 586. The number of carbonyl (C=O) groups is 2. The SMILES string of the molecule is O=C(O)N1CCC(O)(C(=O)NC(CC(O)CO)c2ccccc2)CC1. The molecule has 2 amide bonds. The Hall–Kier alpha value is -2.16. The second kappa shape index (κ2) is 8.28. The second-order valence-electron chi connectivity index (χ2n) is 6.31. The van der Waals surface area contributed by atoms with E-state index in [1.54, 1.807) is 24.3 Å². The number of piperidine rings is 1. The van der Waals surface area contributed by atoms with E-state index in [1.165, 1.54) is 0 Å². The van der Waals surface area contributed by atoms with E-state index in [9.17, 15) is 19.8 Å². The van der Waals surface area contributed by atoms with E-state index in [4.69, 9.17) is 10.2 Å². The molecule has 25 heavy (non-hydrogen) atoms. The van der Waals surface area contributed by atoms with Gasteiger partial charge in [0, 0.05) is 25.9 Å². The number of likely N-dealkylation sites (tertiary alicyclic amines) is 1. The molecule has 0 saturated carbocycles. The number of aliphatic hydroxyl groups excluding tert-OH is 2. The molecular formula is C17H24N2O6. The van der Waals surface area contributed by atoms with Crippen molar-refractivity contribution in [1.82, 2.24) is 10.2 Å². The lowest BCUT2D eigenvalue weighted by molar-refractivity contribution is -0.145. The average molecular weight is 352 g/mol. The maximum atomic E-state index is 12.6. The maximum absolute atomic E-state index is 12.6. The molecule has 0 bridgehead atoms. The lowest BCUT2D eigenvalue weighted by atomic mass is 9.89. The average Bonchev–Trinajstić information content (AvgIpc) is 2.62. The van der Waals surface area contributed by atoms with Crippen molar-refractivity contribution in [2.45, 2.75) is 37.0 Å². The van der Waals surface area contributed by atoms with Crippen molar-refractivity contribution in [3.05, 3.63) is 35.9 Å². The van der Waals surface area contributed by atoms with E-state index >= 15 is 0 Å². The van der Waals surface area contributed by atoms with Gasteiger partial charge < -0.3 is 30.6 Å². The number of carbonyl (C=O) groups excluding carboxylic acids is 1. The van der Waals surface area contributed by atoms with Crippen molar-refractivity contribution in [2.75, 3.05) is 19.7 Å². The van der Waals surface area contributed by atoms with Crippen LogP contribution in [0, 0.1) is 0 Å². The van der Waals surface area contributed by atoms with Gasteiger partial charge in [0.1, 0.15) is 5.60 Å². The highest BCUT2D eigenvalue weighted by molar-refractivity contribution is 5.85. The van der Waals surface area contributed by atoms with Crippen LogP contribution in [0.4, 0.5) is 4.79 Å². The number of aliphatic hydroxyl groups is 3. The Balaban J connectivity index is 2.07. The third-order valence-corrected chi connectivity index (χ3v) is 4.51. The minimum absolute atomic E-state index is 0.00912. The van der Waals surface area contributed by atoms with E-state index in [2.05, 4.69) is 5.32 Å². The first kappa shape index (κ1) is 19.2. The van der Waals surface area contributed by atoms with Crippen LogP contribution in [-0.2, 0) is 4.79 Å². The molecule has 2 rings (SSSR count). The fourth-order valence-electron chi connectivity index (χ4n) is 2.90. The molecule has 2 atom stereocenters. The van der Waals surface area contributed by atoms with Gasteiger partial charge in [-0.05, 0) is 12.0 Å². The number of hydrogen-bond acceptors (Lipinski definition) is 5. The molecule has 1 saturated heterocycles. The topological polar surface area (TPSA) is 130 Å². The van der Waals surface area contributed by atoms with Crippen LogP contribution in [0.2, 0.25) is 0 Å².